The molecular formula is C42H32N2. The Bertz CT molecular complexity index is 2120. The second-order valence-electron chi connectivity index (χ2n) is 11.4. The number of benzene rings is 6. The Balaban J connectivity index is 1.16. The van der Waals surface area contributed by atoms with E-state index in [1.54, 1.807) is 0 Å². The van der Waals surface area contributed by atoms with Crippen LogP contribution >= 0.6 is 0 Å². The van der Waals surface area contributed by atoms with Crippen molar-refractivity contribution in [2.45, 2.75) is 12.3 Å². The maximum atomic E-state index is 2.36. The monoisotopic (exact) mass is 564 g/mol. The largest absolute Gasteiger partial charge is 0.311 e. The first-order chi connectivity index (χ1) is 21.8. The summed E-state index contributed by atoms with van der Waals surface area (Å²) >= 11 is 0. The number of aromatic nitrogens is 1. The van der Waals surface area contributed by atoms with Crippen molar-refractivity contribution in [3.63, 3.8) is 0 Å². The number of hydrogen-bond acceptors (Lipinski definition) is 1. The van der Waals surface area contributed by atoms with Crippen LogP contribution in [0.15, 0.2) is 176 Å². The van der Waals surface area contributed by atoms with Gasteiger partial charge in [-0.05, 0) is 89.8 Å². The Morgan fingerprint density at radius 2 is 1.11 bits per heavy atom. The van der Waals surface area contributed by atoms with E-state index in [0.29, 0.717) is 5.92 Å². The minimum absolute atomic E-state index is 0.442. The fraction of sp³-hybridized carbons (Fsp3) is 0.0476. The number of nitrogens with zero attached hydrogens (tertiary/aromatic N) is 2. The molecule has 8 rings (SSSR count). The second-order valence-corrected chi connectivity index (χ2v) is 11.4. The lowest BCUT2D eigenvalue weighted by Crippen LogP contribution is -2.10. The van der Waals surface area contributed by atoms with Crippen molar-refractivity contribution >= 4 is 38.9 Å². The molecule has 210 valence electrons. The molecule has 0 amide bonds. The van der Waals surface area contributed by atoms with E-state index >= 15 is 0 Å². The maximum absolute atomic E-state index is 2.36. The van der Waals surface area contributed by atoms with E-state index in [2.05, 4.69) is 185 Å². The van der Waals surface area contributed by atoms with Crippen molar-refractivity contribution in [3.8, 4) is 16.8 Å². The highest BCUT2D eigenvalue weighted by Crippen LogP contribution is 2.38. The highest BCUT2D eigenvalue weighted by atomic mass is 15.1. The lowest BCUT2D eigenvalue weighted by molar-refractivity contribution is 0.854. The Labute approximate surface area is 258 Å². The molecule has 1 aliphatic rings. The molecule has 1 aromatic heterocycles. The van der Waals surface area contributed by atoms with E-state index < -0.39 is 0 Å². The predicted molar refractivity (Wildman–Crippen MR) is 187 cm³/mol. The molecule has 2 nitrogen and oxygen atoms in total. The zero-order chi connectivity index (χ0) is 29.3. The molecule has 0 spiro atoms. The van der Waals surface area contributed by atoms with E-state index in [1.165, 1.54) is 44.2 Å². The number of anilines is 3. The highest BCUT2D eigenvalue weighted by molar-refractivity contribution is 6.10. The molecule has 44 heavy (non-hydrogen) atoms. The zero-order valence-corrected chi connectivity index (χ0v) is 24.4. The van der Waals surface area contributed by atoms with Crippen molar-refractivity contribution < 1.29 is 0 Å². The van der Waals surface area contributed by atoms with Crippen molar-refractivity contribution in [2.24, 2.45) is 0 Å². The first-order valence-electron chi connectivity index (χ1n) is 15.3. The first-order valence-corrected chi connectivity index (χ1v) is 15.3. The first kappa shape index (κ1) is 26.1. The van der Waals surface area contributed by atoms with E-state index in [0.717, 1.165) is 23.5 Å². The van der Waals surface area contributed by atoms with E-state index in [1.807, 2.05) is 0 Å². The van der Waals surface area contributed by atoms with Crippen molar-refractivity contribution in [3.05, 3.63) is 182 Å². The second kappa shape index (κ2) is 11.2. The smallest absolute Gasteiger partial charge is 0.0541 e. The summed E-state index contributed by atoms with van der Waals surface area (Å²) in [5, 5.41) is 2.53. The molecule has 0 saturated carbocycles. The Morgan fingerprint density at radius 1 is 0.500 bits per heavy atom. The van der Waals surface area contributed by atoms with Gasteiger partial charge < -0.3 is 9.47 Å². The van der Waals surface area contributed by atoms with Crippen LogP contribution in [0.4, 0.5) is 17.1 Å². The van der Waals surface area contributed by atoms with Gasteiger partial charge in [0.1, 0.15) is 0 Å². The molecule has 2 heteroatoms. The van der Waals surface area contributed by atoms with Gasteiger partial charge in [0.15, 0.2) is 0 Å². The third-order valence-electron chi connectivity index (χ3n) is 8.72. The summed E-state index contributed by atoms with van der Waals surface area (Å²) in [5.74, 6) is 0.442. The van der Waals surface area contributed by atoms with Crippen molar-refractivity contribution in [1.82, 2.24) is 4.57 Å². The SMILES string of the molecule is C1=CCC(c2ccc(N(c3ccccc3)c3ccc(-c4ccc5c(c4)c4ccccc4n5-c4ccccc4)cc3)cc2)C=C1. The predicted octanol–water partition coefficient (Wildman–Crippen LogP) is 11.5. The average Bonchev–Trinajstić information content (AvgIpc) is 3.44. The summed E-state index contributed by atoms with van der Waals surface area (Å²) in [5.41, 5.74) is 10.8. The molecule has 0 bridgehead atoms. The lowest BCUT2D eigenvalue weighted by atomic mass is 9.92. The lowest BCUT2D eigenvalue weighted by Gasteiger charge is -2.26. The molecule has 0 saturated heterocycles. The number of hydrogen-bond donors (Lipinski definition) is 0. The number of rotatable bonds is 6. The van der Waals surface area contributed by atoms with E-state index in [-0.39, 0.29) is 0 Å². The molecule has 1 aliphatic carbocycles. The van der Waals surface area contributed by atoms with Gasteiger partial charge in [-0.2, -0.15) is 0 Å². The van der Waals surface area contributed by atoms with Gasteiger partial charge in [0, 0.05) is 39.4 Å². The molecule has 1 unspecified atom stereocenters. The van der Waals surface area contributed by atoms with Gasteiger partial charge in [-0.15, -0.1) is 0 Å². The summed E-state index contributed by atoms with van der Waals surface area (Å²) < 4.78 is 2.36. The van der Waals surface area contributed by atoms with Gasteiger partial charge in [-0.3, -0.25) is 0 Å². The van der Waals surface area contributed by atoms with E-state index in [9.17, 15) is 0 Å². The topological polar surface area (TPSA) is 8.17 Å². The summed E-state index contributed by atoms with van der Waals surface area (Å²) in [6, 6.07) is 54.8. The normalized spacial score (nSPS) is 14.3. The van der Waals surface area contributed by atoms with Crippen molar-refractivity contribution in [2.75, 3.05) is 4.90 Å². The number of para-hydroxylation sites is 3. The molecule has 0 radical (unpaired) electrons. The van der Waals surface area contributed by atoms with Crippen LogP contribution in [0.25, 0.3) is 38.6 Å². The fourth-order valence-electron chi connectivity index (χ4n) is 6.53. The Hall–Kier alpha value is -5.60. The van der Waals surface area contributed by atoms with Gasteiger partial charge in [-0.25, -0.2) is 0 Å². The quantitative estimate of drug-likeness (QED) is 0.195. The van der Waals surface area contributed by atoms with Gasteiger partial charge >= 0.3 is 0 Å². The molecule has 6 aromatic carbocycles. The Kier molecular flexibility index (Phi) is 6.66. The molecule has 0 fully saturated rings. The van der Waals surface area contributed by atoms with Crippen LogP contribution in [0.1, 0.15) is 17.9 Å². The Morgan fingerprint density at radius 3 is 1.84 bits per heavy atom. The molecule has 7 aromatic rings. The molecule has 0 N–H and O–H groups in total. The van der Waals surface area contributed by atoms with Crippen LogP contribution in [-0.4, -0.2) is 4.57 Å². The molecule has 0 aliphatic heterocycles. The third kappa shape index (κ3) is 4.71. The van der Waals surface area contributed by atoms with Gasteiger partial charge in [0.05, 0.1) is 11.0 Å². The van der Waals surface area contributed by atoms with E-state index in [4.69, 9.17) is 0 Å². The van der Waals surface area contributed by atoms with Gasteiger partial charge in [-0.1, -0.05) is 109 Å². The van der Waals surface area contributed by atoms with Crippen LogP contribution in [0.2, 0.25) is 0 Å². The van der Waals surface area contributed by atoms with Crippen LogP contribution in [0, 0.1) is 0 Å². The van der Waals surface area contributed by atoms with Crippen LogP contribution in [-0.2, 0) is 0 Å². The van der Waals surface area contributed by atoms with Crippen LogP contribution in [0.5, 0.6) is 0 Å². The minimum atomic E-state index is 0.442. The summed E-state index contributed by atoms with van der Waals surface area (Å²) in [7, 11) is 0. The summed E-state index contributed by atoms with van der Waals surface area (Å²) in [6.45, 7) is 0. The van der Waals surface area contributed by atoms with Crippen LogP contribution < -0.4 is 4.90 Å². The average molecular weight is 565 g/mol. The fourth-order valence-corrected chi connectivity index (χ4v) is 6.53. The maximum Gasteiger partial charge on any atom is 0.0541 e. The molecule has 1 atom stereocenters. The van der Waals surface area contributed by atoms with Crippen molar-refractivity contribution in [1.29, 1.82) is 0 Å². The zero-order valence-electron chi connectivity index (χ0n) is 24.4. The third-order valence-corrected chi connectivity index (χ3v) is 8.72. The van der Waals surface area contributed by atoms with Crippen LogP contribution in [0.3, 0.4) is 0 Å². The molecule has 1 heterocycles. The van der Waals surface area contributed by atoms with Gasteiger partial charge in [0.25, 0.3) is 0 Å². The highest BCUT2D eigenvalue weighted by Gasteiger charge is 2.16. The number of allylic oxidation sites excluding steroid dienone is 4. The molecular weight excluding hydrogens is 532 g/mol. The standard InChI is InChI=1S/C42H32N2/c1-4-12-31(13-5-1)32-20-25-37(26-21-32)43(35-14-6-2-7-15-35)38-27-22-33(23-28-38)34-24-29-42-40(30-34)39-18-10-11-19-41(39)44(42)36-16-8-3-9-17-36/h1-12,14-31H,13H2. The van der Waals surface area contributed by atoms with Gasteiger partial charge in [0.2, 0.25) is 0 Å². The summed E-state index contributed by atoms with van der Waals surface area (Å²) in [4.78, 5) is 2.33. The summed E-state index contributed by atoms with van der Waals surface area (Å²) in [6.07, 6.45) is 9.87. The minimum Gasteiger partial charge on any atom is -0.311 e. The number of fused-ring (bicyclic) bond motifs is 3.